The van der Waals surface area contributed by atoms with Gasteiger partial charge in [0, 0.05) is 16.9 Å². The molecule has 84 valence electrons. The second-order valence-corrected chi connectivity index (χ2v) is 5.09. The number of Topliss-reactive ketones (excluding diaryl/α,β-unsaturated/α-hetero) is 1. The van der Waals surface area contributed by atoms with E-state index in [0.29, 0.717) is 18.1 Å². The van der Waals surface area contributed by atoms with Gasteiger partial charge >= 0.3 is 0 Å². The summed E-state index contributed by atoms with van der Waals surface area (Å²) in [6.45, 7) is 4.10. The van der Waals surface area contributed by atoms with Crippen molar-refractivity contribution < 1.29 is 4.79 Å². The molecule has 0 unspecified atom stereocenters. The number of carbonyl (C=O) groups is 1. The lowest BCUT2D eigenvalue weighted by Crippen LogP contribution is -2.03. The Labute approximate surface area is 102 Å². The number of hydrogen-bond donors (Lipinski definition) is 0. The number of hydrogen-bond acceptors (Lipinski definition) is 2. The summed E-state index contributed by atoms with van der Waals surface area (Å²) in [7, 11) is 0. The molecule has 0 N–H and O–H groups in total. The van der Waals surface area contributed by atoms with E-state index in [2.05, 4.69) is 19.8 Å². The van der Waals surface area contributed by atoms with Crippen LogP contribution in [0, 0.1) is 18.3 Å². The lowest BCUT2D eigenvalue weighted by Gasteiger charge is -2.04. The predicted molar refractivity (Wildman–Crippen MR) is 69.8 cm³/mol. The van der Waals surface area contributed by atoms with Gasteiger partial charge in [-0.15, -0.1) is 18.2 Å². The summed E-state index contributed by atoms with van der Waals surface area (Å²) in [5.41, 5.74) is 0.791. The quantitative estimate of drug-likeness (QED) is 0.438. The van der Waals surface area contributed by atoms with E-state index < -0.39 is 0 Å². The minimum absolute atomic E-state index is 0.212. The first-order chi connectivity index (χ1) is 7.63. The molecule has 0 spiro atoms. The topological polar surface area (TPSA) is 17.1 Å². The first-order valence-corrected chi connectivity index (χ1v) is 6.31. The van der Waals surface area contributed by atoms with Crippen LogP contribution < -0.4 is 0 Å². The van der Waals surface area contributed by atoms with Gasteiger partial charge in [-0.3, -0.25) is 4.79 Å². The number of rotatable bonds is 5. The third-order valence-electron chi connectivity index (χ3n) is 2.09. The maximum Gasteiger partial charge on any atom is 0.163 e. The lowest BCUT2D eigenvalue weighted by atomic mass is 10.0. The summed E-state index contributed by atoms with van der Waals surface area (Å²) in [6.07, 6.45) is 5.79. The van der Waals surface area contributed by atoms with Gasteiger partial charge in [0.2, 0.25) is 0 Å². The number of benzene rings is 1. The highest BCUT2D eigenvalue weighted by atomic mass is 32.2. The standard InChI is InChI=1S/C14H16OS/c1-4-9-16-13-7-5-12(6-8-13)14(15)10-11(2)3/h1,5-8,11H,9-10H2,2-3H3. The normalized spacial score (nSPS) is 10.1. The van der Waals surface area contributed by atoms with Crippen molar-refractivity contribution in [2.24, 2.45) is 5.92 Å². The Morgan fingerprint density at radius 2 is 2.00 bits per heavy atom. The van der Waals surface area contributed by atoms with Crippen LogP contribution in [0.1, 0.15) is 30.6 Å². The molecule has 2 heteroatoms. The van der Waals surface area contributed by atoms with Gasteiger partial charge in [0.15, 0.2) is 5.78 Å². The van der Waals surface area contributed by atoms with Crippen molar-refractivity contribution in [3.05, 3.63) is 29.8 Å². The number of terminal acetylenes is 1. The SMILES string of the molecule is C#CCSc1ccc(C(=O)CC(C)C)cc1. The molecule has 0 amide bonds. The molecular formula is C14H16OS. The number of ketones is 1. The average molecular weight is 232 g/mol. The summed E-state index contributed by atoms with van der Waals surface area (Å²) >= 11 is 1.61. The molecular weight excluding hydrogens is 216 g/mol. The van der Waals surface area contributed by atoms with Crippen LogP contribution >= 0.6 is 11.8 Å². The van der Waals surface area contributed by atoms with Crippen LogP contribution in [-0.4, -0.2) is 11.5 Å². The highest BCUT2D eigenvalue weighted by molar-refractivity contribution is 7.99. The fourth-order valence-electron chi connectivity index (χ4n) is 1.35. The van der Waals surface area contributed by atoms with Crippen molar-refractivity contribution in [3.8, 4) is 12.3 Å². The van der Waals surface area contributed by atoms with Crippen molar-refractivity contribution in [3.63, 3.8) is 0 Å². The Hall–Kier alpha value is -1.20. The van der Waals surface area contributed by atoms with Crippen molar-refractivity contribution in [2.75, 3.05) is 5.75 Å². The molecule has 0 aliphatic carbocycles. The van der Waals surface area contributed by atoms with E-state index in [0.717, 1.165) is 10.5 Å². The maximum absolute atomic E-state index is 11.7. The highest BCUT2D eigenvalue weighted by Crippen LogP contribution is 2.19. The zero-order valence-corrected chi connectivity index (χ0v) is 10.5. The van der Waals surface area contributed by atoms with Crippen LogP contribution in [0.3, 0.4) is 0 Å². The van der Waals surface area contributed by atoms with E-state index in [4.69, 9.17) is 6.42 Å². The Morgan fingerprint density at radius 3 is 2.50 bits per heavy atom. The van der Waals surface area contributed by atoms with E-state index in [1.54, 1.807) is 11.8 Å². The van der Waals surface area contributed by atoms with Gasteiger partial charge in [-0.2, -0.15) is 0 Å². The molecule has 0 aliphatic rings. The Bertz CT molecular complexity index is 384. The van der Waals surface area contributed by atoms with Gasteiger partial charge in [0.1, 0.15) is 0 Å². The molecule has 0 aromatic heterocycles. The van der Waals surface area contributed by atoms with Crippen LogP contribution in [0.15, 0.2) is 29.2 Å². The minimum atomic E-state index is 0.212. The predicted octanol–water partition coefficient (Wildman–Crippen LogP) is 3.64. The van der Waals surface area contributed by atoms with E-state index >= 15 is 0 Å². The van der Waals surface area contributed by atoms with Gasteiger partial charge in [0.05, 0.1) is 5.75 Å². The van der Waals surface area contributed by atoms with Crippen LogP contribution in [0.25, 0.3) is 0 Å². The Morgan fingerprint density at radius 1 is 1.38 bits per heavy atom. The molecule has 1 aromatic rings. The molecule has 0 atom stereocenters. The van der Waals surface area contributed by atoms with Crippen molar-refractivity contribution in [2.45, 2.75) is 25.2 Å². The van der Waals surface area contributed by atoms with E-state index in [1.807, 2.05) is 24.3 Å². The summed E-state index contributed by atoms with van der Waals surface area (Å²) in [5.74, 6) is 3.86. The molecule has 1 aromatic carbocycles. The number of thioether (sulfide) groups is 1. The molecule has 0 saturated carbocycles. The van der Waals surface area contributed by atoms with Gasteiger partial charge < -0.3 is 0 Å². The zero-order valence-electron chi connectivity index (χ0n) is 9.69. The van der Waals surface area contributed by atoms with E-state index in [9.17, 15) is 4.79 Å². The minimum Gasteiger partial charge on any atom is -0.294 e. The molecule has 0 radical (unpaired) electrons. The fourth-order valence-corrected chi connectivity index (χ4v) is 1.93. The smallest absolute Gasteiger partial charge is 0.163 e. The molecule has 16 heavy (non-hydrogen) atoms. The van der Waals surface area contributed by atoms with Crippen molar-refractivity contribution >= 4 is 17.5 Å². The molecule has 1 nitrogen and oxygen atoms in total. The monoisotopic (exact) mass is 232 g/mol. The summed E-state index contributed by atoms with van der Waals surface area (Å²) in [6, 6.07) is 7.66. The van der Waals surface area contributed by atoms with Crippen LogP contribution in [0.2, 0.25) is 0 Å². The Balaban J connectivity index is 2.64. The lowest BCUT2D eigenvalue weighted by molar-refractivity contribution is 0.0968. The molecule has 1 rings (SSSR count). The van der Waals surface area contributed by atoms with Gasteiger partial charge in [-0.25, -0.2) is 0 Å². The molecule has 0 saturated heterocycles. The van der Waals surface area contributed by atoms with Crippen molar-refractivity contribution in [1.82, 2.24) is 0 Å². The third-order valence-corrected chi connectivity index (χ3v) is 3.01. The molecule has 0 bridgehead atoms. The first-order valence-electron chi connectivity index (χ1n) is 5.33. The van der Waals surface area contributed by atoms with Gasteiger partial charge in [-0.05, 0) is 18.1 Å². The Kier molecular flexibility index (Phi) is 5.14. The maximum atomic E-state index is 11.7. The average Bonchev–Trinajstić information content (AvgIpc) is 2.26. The van der Waals surface area contributed by atoms with Crippen molar-refractivity contribution in [1.29, 1.82) is 0 Å². The fraction of sp³-hybridized carbons (Fsp3) is 0.357. The van der Waals surface area contributed by atoms with Crippen LogP contribution in [0.5, 0.6) is 0 Å². The van der Waals surface area contributed by atoms with E-state index in [-0.39, 0.29) is 5.78 Å². The molecule has 0 fully saturated rings. The van der Waals surface area contributed by atoms with Crippen LogP contribution in [0.4, 0.5) is 0 Å². The van der Waals surface area contributed by atoms with E-state index in [1.165, 1.54) is 0 Å². The van der Waals surface area contributed by atoms with Gasteiger partial charge in [-0.1, -0.05) is 31.9 Å². The largest absolute Gasteiger partial charge is 0.294 e. The second kappa shape index (κ2) is 6.40. The summed E-state index contributed by atoms with van der Waals surface area (Å²) in [4.78, 5) is 12.9. The summed E-state index contributed by atoms with van der Waals surface area (Å²) < 4.78 is 0. The second-order valence-electron chi connectivity index (χ2n) is 4.04. The van der Waals surface area contributed by atoms with Crippen LogP contribution in [-0.2, 0) is 0 Å². The first kappa shape index (κ1) is 12.9. The highest BCUT2D eigenvalue weighted by Gasteiger charge is 2.07. The van der Waals surface area contributed by atoms with Gasteiger partial charge in [0.25, 0.3) is 0 Å². The summed E-state index contributed by atoms with van der Waals surface area (Å²) in [5, 5.41) is 0. The third kappa shape index (κ3) is 4.12. The molecule has 0 aliphatic heterocycles. The zero-order chi connectivity index (χ0) is 12.0. The molecule has 0 heterocycles. The number of carbonyl (C=O) groups excluding carboxylic acids is 1.